The highest BCUT2D eigenvalue weighted by Crippen LogP contribution is 2.27. The van der Waals surface area contributed by atoms with E-state index in [2.05, 4.69) is 15.5 Å². The van der Waals surface area contributed by atoms with E-state index in [0.29, 0.717) is 16.5 Å². The Kier molecular flexibility index (Phi) is 5.37. The zero-order valence-corrected chi connectivity index (χ0v) is 16.0. The van der Waals surface area contributed by atoms with Gasteiger partial charge in [-0.15, -0.1) is 5.10 Å². The van der Waals surface area contributed by atoms with Crippen LogP contribution in [-0.2, 0) is 0 Å². The molecule has 6 nitrogen and oxygen atoms in total. The molecule has 134 valence electrons. The number of rotatable bonds is 6. The van der Waals surface area contributed by atoms with Gasteiger partial charge in [-0.2, -0.15) is 4.68 Å². The predicted molar refractivity (Wildman–Crippen MR) is 101 cm³/mol. The number of aryl methyl sites for hydroxylation is 3. The molecule has 3 rings (SSSR count). The molecule has 0 saturated heterocycles. The van der Waals surface area contributed by atoms with Crippen molar-refractivity contribution in [2.75, 3.05) is 12.9 Å². The lowest BCUT2D eigenvalue weighted by Crippen LogP contribution is -2.06. The Bertz CT molecular complexity index is 952. The van der Waals surface area contributed by atoms with Crippen molar-refractivity contribution in [3.8, 4) is 11.4 Å². The molecule has 1 aromatic heterocycles. The summed E-state index contributed by atoms with van der Waals surface area (Å²) in [6.07, 6.45) is 0. The molecule has 7 heteroatoms. The van der Waals surface area contributed by atoms with Crippen LogP contribution >= 0.6 is 11.8 Å². The maximum atomic E-state index is 12.5. The lowest BCUT2D eigenvalue weighted by Gasteiger charge is -2.10. The third-order valence-corrected chi connectivity index (χ3v) is 5.08. The normalized spacial score (nSPS) is 10.8. The van der Waals surface area contributed by atoms with Crippen molar-refractivity contribution in [3.63, 3.8) is 0 Å². The van der Waals surface area contributed by atoms with Gasteiger partial charge in [-0.3, -0.25) is 4.79 Å². The van der Waals surface area contributed by atoms with E-state index in [4.69, 9.17) is 4.74 Å². The summed E-state index contributed by atoms with van der Waals surface area (Å²) in [6, 6.07) is 11.5. The fourth-order valence-electron chi connectivity index (χ4n) is 2.51. The van der Waals surface area contributed by atoms with Crippen LogP contribution in [0, 0.1) is 20.8 Å². The molecule has 0 fully saturated rings. The van der Waals surface area contributed by atoms with Gasteiger partial charge in [-0.1, -0.05) is 30.0 Å². The number of ether oxygens (including phenoxy) is 1. The summed E-state index contributed by atoms with van der Waals surface area (Å²) >= 11 is 1.31. The number of carbonyl (C=O) groups is 1. The first-order chi connectivity index (χ1) is 12.5. The zero-order valence-electron chi connectivity index (χ0n) is 15.2. The molecule has 0 bridgehead atoms. The third-order valence-electron chi connectivity index (χ3n) is 4.16. The van der Waals surface area contributed by atoms with Gasteiger partial charge in [-0.25, -0.2) is 0 Å². The number of hydrogen-bond donors (Lipinski definition) is 0. The molecule has 0 atom stereocenters. The molecule has 0 radical (unpaired) electrons. The van der Waals surface area contributed by atoms with E-state index in [1.807, 2.05) is 57.2 Å². The van der Waals surface area contributed by atoms with Gasteiger partial charge in [0.05, 0.1) is 12.9 Å². The number of methoxy groups -OCH3 is 1. The Balaban J connectivity index is 1.80. The maximum Gasteiger partial charge on any atom is 0.214 e. The monoisotopic (exact) mass is 368 g/mol. The number of aromatic nitrogens is 4. The van der Waals surface area contributed by atoms with Crippen molar-refractivity contribution in [1.82, 2.24) is 20.2 Å². The van der Waals surface area contributed by atoms with Crippen LogP contribution in [0.15, 0.2) is 41.6 Å². The number of carbonyl (C=O) groups excluding carboxylic acids is 1. The van der Waals surface area contributed by atoms with Crippen molar-refractivity contribution in [1.29, 1.82) is 0 Å². The summed E-state index contributed by atoms with van der Waals surface area (Å²) in [5.41, 5.74) is 4.80. The van der Waals surface area contributed by atoms with Gasteiger partial charge in [0.2, 0.25) is 5.16 Å². The Morgan fingerprint density at radius 3 is 2.65 bits per heavy atom. The highest BCUT2D eigenvalue weighted by molar-refractivity contribution is 7.99. The molecule has 3 aromatic rings. The second-order valence-electron chi connectivity index (χ2n) is 6.06. The van der Waals surface area contributed by atoms with Crippen molar-refractivity contribution >= 4 is 17.5 Å². The number of ketones is 1. The first-order valence-electron chi connectivity index (χ1n) is 8.16. The Labute approximate surface area is 156 Å². The smallest absolute Gasteiger partial charge is 0.214 e. The largest absolute Gasteiger partial charge is 0.494 e. The van der Waals surface area contributed by atoms with E-state index in [-0.39, 0.29) is 11.5 Å². The first kappa shape index (κ1) is 18.1. The molecule has 0 aliphatic heterocycles. The van der Waals surface area contributed by atoms with Crippen LogP contribution in [0.25, 0.3) is 5.69 Å². The molecule has 2 aromatic carbocycles. The van der Waals surface area contributed by atoms with Gasteiger partial charge < -0.3 is 4.74 Å². The van der Waals surface area contributed by atoms with E-state index in [1.165, 1.54) is 17.3 Å². The van der Waals surface area contributed by atoms with Gasteiger partial charge in [0, 0.05) is 5.56 Å². The van der Waals surface area contributed by atoms with E-state index < -0.39 is 0 Å². The molecule has 0 unspecified atom stereocenters. The minimum Gasteiger partial charge on any atom is -0.494 e. The van der Waals surface area contributed by atoms with Crippen LogP contribution in [0.3, 0.4) is 0 Å². The molecule has 1 heterocycles. The van der Waals surface area contributed by atoms with Gasteiger partial charge in [0.1, 0.15) is 11.4 Å². The maximum absolute atomic E-state index is 12.5. The summed E-state index contributed by atoms with van der Waals surface area (Å²) in [5.74, 6) is 0.978. The molecule has 26 heavy (non-hydrogen) atoms. The zero-order chi connectivity index (χ0) is 18.7. The predicted octanol–water partition coefficient (Wildman–Crippen LogP) is 3.57. The Hall–Kier alpha value is -2.67. The van der Waals surface area contributed by atoms with Crippen molar-refractivity contribution < 1.29 is 9.53 Å². The molecule has 0 saturated carbocycles. The van der Waals surface area contributed by atoms with E-state index in [0.717, 1.165) is 16.8 Å². The van der Waals surface area contributed by atoms with E-state index in [9.17, 15) is 4.79 Å². The highest BCUT2D eigenvalue weighted by atomic mass is 32.2. The van der Waals surface area contributed by atoms with Gasteiger partial charge >= 0.3 is 0 Å². The molecule has 0 N–H and O–H groups in total. The van der Waals surface area contributed by atoms with Gasteiger partial charge in [0.15, 0.2) is 5.78 Å². The topological polar surface area (TPSA) is 69.9 Å². The van der Waals surface area contributed by atoms with Gasteiger partial charge in [-0.05, 0) is 66.1 Å². The summed E-state index contributed by atoms with van der Waals surface area (Å²) in [4.78, 5) is 12.5. The summed E-state index contributed by atoms with van der Waals surface area (Å²) < 4.78 is 7.01. The lowest BCUT2D eigenvalue weighted by atomic mass is 10.0. The number of benzene rings is 2. The summed E-state index contributed by atoms with van der Waals surface area (Å²) in [5, 5.41) is 12.4. The number of nitrogens with zero attached hydrogens (tertiary/aromatic N) is 4. The number of tetrazole rings is 1. The average molecular weight is 368 g/mol. The van der Waals surface area contributed by atoms with Crippen LogP contribution in [-0.4, -0.2) is 38.9 Å². The van der Waals surface area contributed by atoms with Crippen LogP contribution < -0.4 is 4.74 Å². The number of hydrogen-bond acceptors (Lipinski definition) is 6. The molecular formula is C19H20N4O2S. The quantitative estimate of drug-likeness (QED) is 0.489. The average Bonchev–Trinajstić information content (AvgIpc) is 3.10. The van der Waals surface area contributed by atoms with Crippen molar-refractivity contribution in [3.05, 3.63) is 58.7 Å². The summed E-state index contributed by atoms with van der Waals surface area (Å²) in [6.45, 7) is 6.02. The molecule has 0 aliphatic rings. The molecule has 0 aliphatic carbocycles. The SMILES string of the molecule is COc1ccc(C)cc1-n1nnnc1SCC(=O)c1ccc(C)c(C)c1. The third kappa shape index (κ3) is 3.77. The van der Waals surface area contributed by atoms with Crippen LogP contribution in [0.4, 0.5) is 0 Å². The van der Waals surface area contributed by atoms with E-state index >= 15 is 0 Å². The Morgan fingerprint density at radius 1 is 1.12 bits per heavy atom. The molecule has 0 spiro atoms. The molecule has 0 amide bonds. The van der Waals surface area contributed by atoms with Crippen LogP contribution in [0.5, 0.6) is 5.75 Å². The Morgan fingerprint density at radius 2 is 1.92 bits per heavy atom. The number of Topliss-reactive ketones (excluding diaryl/α,β-unsaturated/α-hetero) is 1. The highest BCUT2D eigenvalue weighted by Gasteiger charge is 2.16. The lowest BCUT2D eigenvalue weighted by molar-refractivity contribution is 0.102. The molecular weight excluding hydrogens is 348 g/mol. The van der Waals surface area contributed by atoms with Crippen molar-refractivity contribution in [2.24, 2.45) is 0 Å². The van der Waals surface area contributed by atoms with Crippen LogP contribution in [0.2, 0.25) is 0 Å². The minimum atomic E-state index is 0.0452. The fourth-order valence-corrected chi connectivity index (χ4v) is 3.29. The van der Waals surface area contributed by atoms with Crippen LogP contribution in [0.1, 0.15) is 27.0 Å². The summed E-state index contributed by atoms with van der Waals surface area (Å²) in [7, 11) is 1.61. The fraction of sp³-hybridized carbons (Fsp3) is 0.263. The first-order valence-corrected chi connectivity index (χ1v) is 9.15. The number of thioether (sulfide) groups is 1. The second kappa shape index (κ2) is 7.70. The van der Waals surface area contributed by atoms with Gasteiger partial charge in [0.25, 0.3) is 0 Å². The van der Waals surface area contributed by atoms with Crippen molar-refractivity contribution in [2.45, 2.75) is 25.9 Å². The minimum absolute atomic E-state index is 0.0452. The standard InChI is InChI=1S/C19H20N4O2S/c1-12-5-8-18(25-4)16(9-12)23-19(20-21-22-23)26-11-17(24)15-7-6-13(2)14(3)10-15/h5-10H,11H2,1-4H3. The van der Waals surface area contributed by atoms with E-state index in [1.54, 1.807) is 11.8 Å². The second-order valence-corrected chi connectivity index (χ2v) is 7.00.